The highest BCUT2D eigenvalue weighted by atomic mass is 127. The highest BCUT2D eigenvalue weighted by Crippen LogP contribution is 1.81. The van der Waals surface area contributed by atoms with Gasteiger partial charge in [0.15, 0.2) is 0 Å². The predicted octanol–water partition coefficient (Wildman–Crippen LogP) is 1.12. The predicted molar refractivity (Wildman–Crippen MR) is 32.9 cm³/mol. The standard InChI is InChI=1S/C3H5IO3/c4-1-2-7-3(5)6/h1-2H2,(H,5,6). The van der Waals surface area contributed by atoms with Gasteiger partial charge >= 0.3 is 6.16 Å². The van der Waals surface area contributed by atoms with Crippen LogP contribution in [0, 0.1) is 0 Å². The number of carboxylic acid groups (broad SMARTS) is 1. The lowest BCUT2D eigenvalue weighted by Gasteiger charge is -1.91. The van der Waals surface area contributed by atoms with Crippen LogP contribution in [0.5, 0.6) is 0 Å². The van der Waals surface area contributed by atoms with E-state index in [9.17, 15) is 4.79 Å². The molecule has 0 aliphatic rings. The van der Waals surface area contributed by atoms with Gasteiger partial charge in [-0.25, -0.2) is 4.79 Å². The van der Waals surface area contributed by atoms with E-state index in [2.05, 4.69) is 4.74 Å². The minimum atomic E-state index is -1.20. The Hall–Kier alpha value is 0. The topological polar surface area (TPSA) is 46.5 Å². The molecule has 0 spiro atoms. The Labute approximate surface area is 54.8 Å². The molecular formula is C3H5IO3. The van der Waals surface area contributed by atoms with Gasteiger partial charge in [0.1, 0.15) is 6.61 Å². The monoisotopic (exact) mass is 216 g/mol. The summed E-state index contributed by atoms with van der Waals surface area (Å²) in [7, 11) is 0. The fourth-order valence-electron chi connectivity index (χ4n) is 0.126. The summed E-state index contributed by atoms with van der Waals surface area (Å²) in [6.45, 7) is 0.288. The summed E-state index contributed by atoms with van der Waals surface area (Å²) in [6.07, 6.45) is -1.20. The molecule has 0 aromatic carbocycles. The lowest BCUT2D eigenvalue weighted by Crippen LogP contribution is -2.01. The third-order valence-electron chi connectivity index (χ3n) is 0.303. The molecule has 7 heavy (non-hydrogen) atoms. The minimum absolute atomic E-state index is 0.288. The highest BCUT2D eigenvalue weighted by Gasteiger charge is 1.90. The van der Waals surface area contributed by atoms with Crippen molar-refractivity contribution in [2.45, 2.75) is 0 Å². The summed E-state index contributed by atoms with van der Waals surface area (Å²) in [5.74, 6) is 0. The first kappa shape index (κ1) is 7.00. The van der Waals surface area contributed by atoms with Crippen molar-refractivity contribution >= 4 is 28.7 Å². The molecule has 0 bridgehead atoms. The summed E-state index contributed by atoms with van der Waals surface area (Å²) in [4.78, 5) is 9.53. The van der Waals surface area contributed by atoms with E-state index >= 15 is 0 Å². The smallest absolute Gasteiger partial charge is 0.450 e. The fourth-order valence-corrected chi connectivity index (χ4v) is 0.346. The van der Waals surface area contributed by atoms with E-state index in [1.807, 2.05) is 22.6 Å². The van der Waals surface area contributed by atoms with E-state index in [0.29, 0.717) is 4.43 Å². The number of hydrogen-bond donors (Lipinski definition) is 1. The van der Waals surface area contributed by atoms with Crippen LogP contribution >= 0.6 is 22.6 Å². The zero-order valence-corrected chi connectivity index (χ0v) is 5.71. The second kappa shape index (κ2) is 4.17. The molecule has 0 heterocycles. The highest BCUT2D eigenvalue weighted by molar-refractivity contribution is 14.1. The van der Waals surface area contributed by atoms with Crippen LogP contribution in [0.3, 0.4) is 0 Å². The zero-order valence-electron chi connectivity index (χ0n) is 3.56. The van der Waals surface area contributed by atoms with Crippen LogP contribution in [0.15, 0.2) is 0 Å². The van der Waals surface area contributed by atoms with Gasteiger partial charge in [0.2, 0.25) is 0 Å². The number of alkyl halides is 1. The van der Waals surface area contributed by atoms with Gasteiger partial charge in [-0.3, -0.25) is 0 Å². The number of ether oxygens (including phenoxy) is 1. The summed E-state index contributed by atoms with van der Waals surface area (Å²) in [5.41, 5.74) is 0. The molecule has 0 unspecified atom stereocenters. The summed E-state index contributed by atoms with van der Waals surface area (Å²) < 4.78 is 4.81. The molecule has 0 rings (SSSR count). The molecule has 1 N–H and O–H groups in total. The van der Waals surface area contributed by atoms with E-state index in [0.717, 1.165) is 0 Å². The van der Waals surface area contributed by atoms with E-state index in [1.54, 1.807) is 0 Å². The molecule has 42 valence electrons. The van der Waals surface area contributed by atoms with Crippen LogP contribution in [0.25, 0.3) is 0 Å². The maximum Gasteiger partial charge on any atom is 0.505 e. The van der Waals surface area contributed by atoms with Crippen LogP contribution < -0.4 is 0 Å². The number of halogens is 1. The van der Waals surface area contributed by atoms with E-state index < -0.39 is 6.16 Å². The van der Waals surface area contributed by atoms with Crippen molar-refractivity contribution in [3.63, 3.8) is 0 Å². The average molecular weight is 216 g/mol. The second-order valence-electron chi connectivity index (χ2n) is 0.803. The number of carbonyl (C=O) groups is 1. The third-order valence-corrected chi connectivity index (χ3v) is 0.743. The molecule has 0 radical (unpaired) electrons. The summed E-state index contributed by atoms with van der Waals surface area (Å²) >= 11 is 2.03. The first-order valence-electron chi connectivity index (χ1n) is 1.69. The molecular weight excluding hydrogens is 211 g/mol. The molecule has 0 aromatic heterocycles. The third kappa shape index (κ3) is 6.00. The Bertz CT molecular complexity index is 63.2. The molecule has 4 heteroatoms. The van der Waals surface area contributed by atoms with Crippen molar-refractivity contribution in [1.29, 1.82) is 0 Å². The van der Waals surface area contributed by atoms with Crippen molar-refractivity contribution in [2.75, 3.05) is 11.0 Å². The number of rotatable bonds is 2. The largest absolute Gasteiger partial charge is 0.505 e. The molecule has 0 fully saturated rings. The SMILES string of the molecule is O=C(O)OCCI. The van der Waals surface area contributed by atoms with Gasteiger partial charge < -0.3 is 9.84 Å². The van der Waals surface area contributed by atoms with Crippen molar-refractivity contribution in [1.82, 2.24) is 0 Å². The molecule has 0 atom stereocenters. The first-order valence-corrected chi connectivity index (χ1v) is 3.21. The summed E-state index contributed by atoms with van der Waals surface area (Å²) in [5, 5.41) is 7.82. The maximum absolute atomic E-state index is 9.53. The van der Waals surface area contributed by atoms with Crippen LogP contribution in [-0.2, 0) is 4.74 Å². The van der Waals surface area contributed by atoms with Crippen molar-refractivity contribution in [3.05, 3.63) is 0 Å². The molecule has 0 aromatic rings. The molecule has 0 aliphatic heterocycles. The van der Waals surface area contributed by atoms with Gasteiger partial charge in [-0.15, -0.1) is 0 Å². The summed E-state index contributed by atoms with van der Waals surface area (Å²) in [6, 6.07) is 0. The Morgan fingerprint density at radius 2 is 2.43 bits per heavy atom. The number of hydrogen-bond acceptors (Lipinski definition) is 2. The first-order chi connectivity index (χ1) is 3.27. The van der Waals surface area contributed by atoms with Crippen LogP contribution in [0.4, 0.5) is 4.79 Å². The normalized spacial score (nSPS) is 8.14. The maximum atomic E-state index is 9.53. The van der Waals surface area contributed by atoms with Gasteiger partial charge in [0.25, 0.3) is 0 Å². The van der Waals surface area contributed by atoms with Crippen LogP contribution in [0.2, 0.25) is 0 Å². The fraction of sp³-hybridized carbons (Fsp3) is 0.667. The molecule has 0 aliphatic carbocycles. The van der Waals surface area contributed by atoms with E-state index in [-0.39, 0.29) is 6.61 Å². The molecule has 0 amide bonds. The second-order valence-corrected chi connectivity index (χ2v) is 1.88. The lowest BCUT2D eigenvalue weighted by molar-refractivity contribution is 0.0980. The Balaban J connectivity index is 2.82. The molecule has 3 nitrogen and oxygen atoms in total. The van der Waals surface area contributed by atoms with Crippen LogP contribution in [-0.4, -0.2) is 22.3 Å². The van der Waals surface area contributed by atoms with Gasteiger partial charge in [0, 0.05) is 4.43 Å². The van der Waals surface area contributed by atoms with Crippen molar-refractivity contribution in [2.24, 2.45) is 0 Å². The Morgan fingerprint density at radius 3 is 2.57 bits per heavy atom. The van der Waals surface area contributed by atoms with E-state index in [1.165, 1.54) is 0 Å². The van der Waals surface area contributed by atoms with Gasteiger partial charge in [-0.2, -0.15) is 0 Å². The van der Waals surface area contributed by atoms with Crippen LogP contribution in [0.1, 0.15) is 0 Å². The van der Waals surface area contributed by atoms with Crippen molar-refractivity contribution < 1.29 is 14.6 Å². The Kier molecular flexibility index (Phi) is 4.17. The Morgan fingerprint density at radius 1 is 1.86 bits per heavy atom. The molecule has 0 saturated carbocycles. The van der Waals surface area contributed by atoms with Crippen molar-refractivity contribution in [3.8, 4) is 0 Å². The van der Waals surface area contributed by atoms with E-state index in [4.69, 9.17) is 5.11 Å². The molecule has 0 saturated heterocycles. The van der Waals surface area contributed by atoms with Gasteiger partial charge in [0.05, 0.1) is 0 Å². The lowest BCUT2D eigenvalue weighted by atomic mass is 10.9. The van der Waals surface area contributed by atoms with Gasteiger partial charge in [-0.1, -0.05) is 22.6 Å². The quantitative estimate of drug-likeness (QED) is 0.427. The van der Waals surface area contributed by atoms with Gasteiger partial charge in [-0.05, 0) is 0 Å². The zero-order chi connectivity index (χ0) is 5.70. The minimum Gasteiger partial charge on any atom is -0.450 e. The average Bonchev–Trinajstić information content (AvgIpc) is 1.61.